The first-order chi connectivity index (χ1) is 10.3. The molecule has 4 nitrogen and oxygen atoms in total. The average molecular weight is 315 g/mol. The van der Waals surface area contributed by atoms with Crippen LogP contribution in [0, 0.1) is 17.5 Å². The molecule has 0 aromatic heterocycles. The third-order valence-corrected chi connectivity index (χ3v) is 2.77. The van der Waals surface area contributed by atoms with Gasteiger partial charge in [0.1, 0.15) is 11.3 Å². The van der Waals surface area contributed by atoms with Gasteiger partial charge >= 0.3 is 5.97 Å². The van der Waals surface area contributed by atoms with Crippen LogP contribution in [-0.4, -0.2) is 11.1 Å². The minimum absolute atomic E-state index is 0.0964. The van der Waals surface area contributed by atoms with Crippen LogP contribution in [0.4, 0.5) is 23.2 Å². The molecule has 1 atom stereocenters. The number of alkyl halides is 1. The number of aromatic carboxylic acids is 1. The van der Waals surface area contributed by atoms with E-state index in [4.69, 9.17) is 15.6 Å². The van der Waals surface area contributed by atoms with Crippen LogP contribution in [0.2, 0.25) is 0 Å². The Morgan fingerprint density at radius 2 is 1.82 bits per heavy atom. The van der Waals surface area contributed by atoms with Crippen LogP contribution >= 0.6 is 0 Å². The van der Waals surface area contributed by atoms with Crippen molar-refractivity contribution in [2.24, 2.45) is 0 Å². The first kappa shape index (κ1) is 15.6. The summed E-state index contributed by atoms with van der Waals surface area (Å²) >= 11 is 0. The molecule has 0 saturated heterocycles. The fourth-order valence-electron chi connectivity index (χ4n) is 1.71. The molecular formula is C14H9F4NO3. The molecule has 0 amide bonds. The lowest BCUT2D eigenvalue weighted by Crippen LogP contribution is -2.10. The molecule has 0 spiro atoms. The third kappa shape index (κ3) is 2.95. The third-order valence-electron chi connectivity index (χ3n) is 2.77. The first-order valence-corrected chi connectivity index (χ1v) is 5.88. The highest BCUT2D eigenvalue weighted by molar-refractivity contribution is 5.92. The summed E-state index contributed by atoms with van der Waals surface area (Å²) in [7, 11) is 0. The Balaban J connectivity index is 2.36. The van der Waals surface area contributed by atoms with Gasteiger partial charge in [-0.3, -0.25) is 0 Å². The summed E-state index contributed by atoms with van der Waals surface area (Å²) < 4.78 is 58.0. The van der Waals surface area contributed by atoms with Gasteiger partial charge in [0.15, 0.2) is 17.5 Å². The highest BCUT2D eigenvalue weighted by atomic mass is 19.2. The van der Waals surface area contributed by atoms with Crippen molar-refractivity contribution in [2.45, 2.75) is 6.36 Å². The van der Waals surface area contributed by atoms with Gasteiger partial charge in [-0.15, -0.1) is 0 Å². The molecule has 0 fully saturated rings. The van der Waals surface area contributed by atoms with E-state index in [1.807, 2.05) is 0 Å². The van der Waals surface area contributed by atoms with Crippen LogP contribution in [0.5, 0.6) is 5.75 Å². The lowest BCUT2D eigenvalue weighted by Gasteiger charge is -2.15. The topological polar surface area (TPSA) is 72.5 Å². The number of benzene rings is 2. The van der Waals surface area contributed by atoms with Gasteiger partial charge < -0.3 is 15.6 Å². The Labute approximate surface area is 121 Å². The van der Waals surface area contributed by atoms with E-state index in [0.29, 0.717) is 12.1 Å². The molecule has 2 rings (SSSR count). The van der Waals surface area contributed by atoms with Gasteiger partial charge in [0.05, 0.1) is 5.56 Å². The van der Waals surface area contributed by atoms with Crippen molar-refractivity contribution < 1.29 is 32.2 Å². The van der Waals surface area contributed by atoms with E-state index in [9.17, 15) is 22.4 Å². The number of anilines is 1. The van der Waals surface area contributed by atoms with Crippen LogP contribution in [0.1, 0.15) is 22.3 Å². The molecule has 0 saturated carbocycles. The molecule has 0 aliphatic carbocycles. The first-order valence-electron chi connectivity index (χ1n) is 5.88. The van der Waals surface area contributed by atoms with Crippen LogP contribution in [0.3, 0.4) is 0 Å². The average Bonchev–Trinajstić information content (AvgIpc) is 2.46. The molecule has 2 aromatic rings. The van der Waals surface area contributed by atoms with Gasteiger partial charge in [0.2, 0.25) is 0 Å². The fraction of sp³-hybridized carbons (Fsp3) is 0.0714. The van der Waals surface area contributed by atoms with Gasteiger partial charge in [-0.2, -0.15) is 4.39 Å². The van der Waals surface area contributed by atoms with E-state index in [1.54, 1.807) is 0 Å². The SMILES string of the molecule is Nc1ccc(OC(F)c2ccc(F)c(F)c2F)c(C(=O)O)c1. The number of nitrogens with two attached hydrogens (primary N) is 1. The van der Waals surface area contributed by atoms with Crippen LogP contribution < -0.4 is 10.5 Å². The van der Waals surface area contributed by atoms with Crippen LogP contribution in [0.25, 0.3) is 0 Å². The van der Waals surface area contributed by atoms with E-state index in [0.717, 1.165) is 12.1 Å². The van der Waals surface area contributed by atoms with Gasteiger partial charge in [-0.05, 0) is 30.3 Å². The van der Waals surface area contributed by atoms with E-state index in [1.165, 1.54) is 6.07 Å². The van der Waals surface area contributed by atoms with Crippen molar-refractivity contribution in [1.82, 2.24) is 0 Å². The predicted molar refractivity (Wildman–Crippen MR) is 68.6 cm³/mol. The van der Waals surface area contributed by atoms with Gasteiger partial charge in [-0.25, -0.2) is 18.0 Å². The Morgan fingerprint density at radius 3 is 2.45 bits per heavy atom. The number of carboxylic acids is 1. The zero-order valence-corrected chi connectivity index (χ0v) is 10.8. The van der Waals surface area contributed by atoms with E-state index >= 15 is 0 Å². The maximum absolute atomic E-state index is 14.0. The van der Waals surface area contributed by atoms with Crippen LogP contribution in [-0.2, 0) is 0 Å². The largest absolute Gasteiger partial charge is 0.478 e. The van der Waals surface area contributed by atoms with Crippen molar-refractivity contribution in [3.8, 4) is 5.75 Å². The predicted octanol–water partition coefficient (Wildman–Crippen LogP) is 3.43. The molecule has 0 radical (unpaired) electrons. The molecule has 0 aliphatic rings. The second-order valence-corrected chi connectivity index (χ2v) is 4.26. The summed E-state index contributed by atoms with van der Waals surface area (Å²) in [6, 6.07) is 4.53. The van der Waals surface area contributed by atoms with E-state index in [2.05, 4.69) is 0 Å². The summed E-state index contributed by atoms with van der Waals surface area (Å²) in [5.74, 6) is -6.95. The molecule has 8 heteroatoms. The van der Waals surface area contributed by atoms with Crippen molar-refractivity contribution in [3.63, 3.8) is 0 Å². The summed E-state index contributed by atoms with van der Waals surface area (Å²) in [4.78, 5) is 11.0. The summed E-state index contributed by atoms with van der Waals surface area (Å²) in [6.45, 7) is 0. The number of halogens is 4. The monoisotopic (exact) mass is 315 g/mol. The summed E-state index contributed by atoms with van der Waals surface area (Å²) in [5.41, 5.74) is 4.15. The van der Waals surface area contributed by atoms with Gasteiger partial charge in [0, 0.05) is 5.69 Å². The molecular weight excluding hydrogens is 306 g/mol. The Morgan fingerprint density at radius 1 is 1.14 bits per heavy atom. The van der Waals surface area contributed by atoms with Gasteiger partial charge in [-0.1, -0.05) is 0 Å². The number of rotatable bonds is 4. The number of nitrogen functional groups attached to an aromatic ring is 1. The number of carbonyl (C=O) groups is 1. The maximum atomic E-state index is 14.0. The molecule has 2 aromatic carbocycles. The Hall–Kier alpha value is -2.77. The second-order valence-electron chi connectivity index (χ2n) is 4.26. The summed E-state index contributed by atoms with van der Waals surface area (Å²) in [6.07, 6.45) is -2.53. The highest BCUT2D eigenvalue weighted by Gasteiger charge is 2.23. The normalized spacial score (nSPS) is 12.0. The Bertz CT molecular complexity index is 736. The quantitative estimate of drug-likeness (QED) is 0.515. The van der Waals surface area contributed by atoms with Crippen LogP contribution in [0.15, 0.2) is 30.3 Å². The smallest absolute Gasteiger partial charge is 0.339 e. The van der Waals surface area contributed by atoms with Crippen molar-refractivity contribution in [1.29, 1.82) is 0 Å². The number of carboxylic acid groups (broad SMARTS) is 1. The number of ether oxygens (including phenoxy) is 1. The van der Waals surface area contributed by atoms with Gasteiger partial charge in [0.25, 0.3) is 6.36 Å². The number of hydrogen-bond acceptors (Lipinski definition) is 3. The molecule has 0 heterocycles. The van der Waals surface area contributed by atoms with E-state index in [-0.39, 0.29) is 5.69 Å². The van der Waals surface area contributed by atoms with Crippen molar-refractivity contribution >= 4 is 11.7 Å². The lowest BCUT2D eigenvalue weighted by molar-refractivity contribution is 0.0566. The van der Waals surface area contributed by atoms with Crippen molar-refractivity contribution in [3.05, 3.63) is 58.9 Å². The molecule has 22 heavy (non-hydrogen) atoms. The fourth-order valence-corrected chi connectivity index (χ4v) is 1.71. The molecule has 3 N–H and O–H groups in total. The molecule has 1 unspecified atom stereocenters. The number of hydrogen-bond donors (Lipinski definition) is 2. The highest BCUT2D eigenvalue weighted by Crippen LogP contribution is 2.30. The van der Waals surface area contributed by atoms with Crippen molar-refractivity contribution in [2.75, 3.05) is 5.73 Å². The second kappa shape index (κ2) is 5.92. The Kier molecular flexibility index (Phi) is 4.20. The molecule has 0 bridgehead atoms. The minimum atomic E-state index is -2.53. The minimum Gasteiger partial charge on any atom is -0.478 e. The zero-order valence-electron chi connectivity index (χ0n) is 10.8. The molecule has 0 aliphatic heterocycles. The standard InChI is InChI=1S/C14H9F4NO3/c15-9-3-2-7(11(16)12(9)17)13(18)22-10-4-1-6(19)5-8(10)14(20)21/h1-5,13H,19H2,(H,20,21). The zero-order chi connectivity index (χ0) is 16.4. The lowest BCUT2D eigenvalue weighted by atomic mass is 10.1. The summed E-state index contributed by atoms with van der Waals surface area (Å²) in [5, 5.41) is 8.97. The maximum Gasteiger partial charge on any atom is 0.339 e. The molecule has 116 valence electrons. The van der Waals surface area contributed by atoms with E-state index < -0.39 is 46.7 Å².